The van der Waals surface area contributed by atoms with Gasteiger partial charge in [0.15, 0.2) is 0 Å². The van der Waals surface area contributed by atoms with Crippen molar-refractivity contribution >= 4 is 0 Å². The van der Waals surface area contributed by atoms with E-state index in [1.165, 1.54) is 77.2 Å². The summed E-state index contributed by atoms with van der Waals surface area (Å²) in [6, 6.07) is 0.767. The Labute approximate surface area is 108 Å². The van der Waals surface area contributed by atoms with E-state index in [9.17, 15) is 0 Å². The summed E-state index contributed by atoms with van der Waals surface area (Å²) in [4.78, 5) is 0. The lowest BCUT2D eigenvalue weighted by atomic mass is 9.90. The Hall–Kier alpha value is -0.0400. The number of rotatable bonds is 4. The molecule has 1 nitrogen and oxygen atoms in total. The zero-order valence-corrected chi connectivity index (χ0v) is 11.7. The zero-order valence-electron chi connectivity index (χ0n) is 11.7. The topological polar surface area (TPSA) is 12.0 Å². The van der Waals surface area contributed by atoms with Gasteiger partial charge in [-0.15, -0.1) is 0 Å². The van der Waals surface area contributed by atoms with Crippen LogP contribution in [0.4, 0.5) is 0 Å². The van der Waals surface area contributed by atoms with E-state index >= 15 is 0 Å². The molecule has 0 aliphatic heterocycles. The molecule has 2 fully saturated rings. The second-order valence-corrected chi connectivity index (χ2v) is 6.45. The SMILES string of the molecule is C[C@@H](NCC1CCCCCCC1)C1CCCC1. The normalized spacial score (nSPS) is 26.6. The van der Waals surface area contributed by atoms with Gasteiger partial charge in [-0.25, -0.2) is 0 Å². The summed E-state index contributed by atoms with van der Waals surface area (Å²) < 4.78 is 0. The molecular formula is C16H31N. The van der Waals surface area contributed by atoms with Crippen LogP contribution in [0.1, 0.15) is 77.6 Å². The molecule has 0 heterocycles. The maximum atomic E-state index is 3.84. The largest absolute Gasteiger partial charge is 0.314 e. The van der Waals surface area contributed by atoms with Gasteiger partial charge in [0, 0.05) is 6.04 Å². The molecule has 1 atom stereocenters. The predicted molar refractivity (Wildman–Crippen MR) is 75.2 cm³/mol. The molecule has 2 aliphatic rings. The molecule has 2 aliphatic carbocycles. The average molecular weight is 237 g/mol. The summed E-state index contributed by atoms with van der Waals surface area (Å²) in [6.45, 7) is 3.70. The Morgan fingerprint density at radius 3 is 2.00 bits per heavy atom. The Balaban J connectivity index is 1.64. The van der Waals surface area contributed by atoms with Gasteiger partial charge in [0.05, 0.1) is 0 Å². The van der Waals surface area contributed by atoms with Crippen LogP contribution in [0.15, 0.2) is 0 Å². The number of nitrogens with one attached hydrogen (secondary N) is 1. The standard InChI is InChI=1S/C16H31N/c1-14(16-11-7-8-12-16)17-13-15-9-5-3-2-4-6-10-15/h14-17H,2-13H2,1H3/t14-/m1/s1. The quantitative estimate of drug-likeness (QED) is 0.758. The first kappa shape index (κ1) is 13.4. The average Bonchev–Trinajstić information content (AvgIpc) is 2.80. The first-order valence-corrected chi connectivity index (χ1v) is 8.09. The van der Waals surface area contributed by atoms with Crippen LogP contribution in [-0.4, -0.2) is 12.6 Å². The van der Waals surface area contributed by atoms with Crippen molar-refractivity contribution in [3.8, 4) is 0 Å². The van der Waals surface area contributed by atoms with Gasteiger partial charge in [0.2, 0.25) is 0 Å². The first-order valence-electron chi connectivity index (χ1n) is 8.09. The van der Waals surface area contributed by atoms with Crippen molar-refractivity contribution in [3.05, 3.63) is 0 Å². The van der Waals surface area contributed by atoms with Gasteiger partial charge in [-0.2, -0.15) is 0 Å². The van der Waals surface area contributed by atoms with Crippen molar-refractivity contribution < 1.29 is 0 Å². The molecule has 1 N–H and O–H groups in total. The van der Waals surface area contributed by atoms with E-state index < -0.39 is 0 Å². The van der Waals surface area contributed by atoms with E-state index in [1.807, 2.05) is 0 Å². The lowest BCUT2D eigenvalue weighted by molar-refractivity contribution is 0.313. The molecule has 2 rings (SSSR count). The lowest BCUT2D eigenvalue weighted by Gasteiger charge is -2.25. The van der Waals surface area contributed by atoms with Crippen LogP contribution < -0.4 is 5.32 Å². The van der Waals surface area contributed by atoms with Gasteiger partial charge < -0.3 is 5.32 Å². The van der Waals surface area contributed by atoms with Crippen LogP contribution in [0.25, 0.3) is 0 Å². The lowest BCUT2D eigenvalue weighted by Crippen LogP contribution is -2.36. The number of hydrogen-bond acceptors (Lipinski definition) is 1. The predicted octanol–water partition coefficient (Wildman–Crippen LogP) is 4.52. The van der Waals surface area contributed by atoms with Crippen LogP contribution in [0.3, 0.4) is 0 Å². The second kappa shape index (κ2) is 7.41. The molecule has 0 saturated heterocycles. The molecule has 2 saturated carbocycles. The van der Waals surface area contributed by atoms with Gasteiger partial charge in [0.1, 0.15) is 0 Å². The fourth-order valence-corrected chi connectivity index (χ4v) is 3.72. The highest BCUT2D eigenvalue weighted by molar-refractivity contribution is 4.78. The van der Waals surface area contributed by atoms with Crippen molar-refractivity contribution in [1.82, 2.24) is 5.32 Å². The van der Waals surface area contributed by atoms with Gasteiger partial charge in [-0.05, 0) is 51.0 Å². The van der Waals surface area contributed by atoms with Gasteiger partial charge >= 0.3 is 0 Å². The summed E-state index contributed by atoms with van der Waals surface area (Å²) >= 11 is 0. The molecule has 1 heteroatoms. The molecule has 0 aromatic heterocycles. The van der Waals surface area contributed by atoms with E-state index in [0.717, 1.165) is 17.9 Å². The fourth-order valence-electron chi connectivity index (χ4n) is 3.72. The molecule has 17 heavy (non-hydrogen) atoms. The van der Waals surface area contributed by atoms with E-state index in [-0.39, 0.29) is 0 Å². The molecule has 0 amide bonds. The molecule has 100 valence electrons. The Kier molecular flexibility index (Phi) is 5.84. The second-order valence-electron chi connectivity index (χ2n) is 6.45. The maximum absolute atomic E-state index is 3.84. The summed E-state index contributed by atoms with van der Waals surface area (Å²) in [5.74, 6) is 1.95. The third-order valence-corrected chi connectivity index (χ3v) is 5.06. The molecule has 0 spiro atoms. The monoisotopic (exact) mass is 237 g/mol. The molecular weight excluding hydrogens is 206 g/mol. The van der Waals surface area contributed by atoms with Gasteiger partial charge in [0.25, 0.3) is 0 Å². The summed E-state index contributed by atoms with van der Waals surface area (Å²) in [5.41, 5.74) is 0. The third-order valence-electron chi connectivity index (χ3n) is 5.06. The van der Waals surface area contributed by atoms with Crippen molar-refractivity contribution in [3.63, 3.8) is 0 Å². The third kappa shape index (κ3) is 4.62. The Morgan fingerprint density at radius 2 is 1.35 bits per heavy atom. The minimum absolute atomic E-state index is 0.767. The molecule has 0 aromatic carbocycles. The van der Waals surface area contributed by atoms with Crippen LogP contribution in [0.5, 0.6) is 0 Å². The minimum atomic E-state index is 0.767. The first-order chi connectivity index (χ1) is 8.36. The van der Waals surface area contributed by atoms with Crippen LogP contribution in [0.2, 0.25) is 0 Å². The molecule has 0 radical (unpaired) electrons. The van der Waals surface area contributed by atoms with Crippen molar-refractivity contribution in [2.75, 3.05) is 6.54 Å². The van der Waals surface area contributed by atoms with E-state index in [4.69, 9.17) is 0 Å². The summed E-state index contributed by atoms with van der Waals surface area (Å²) in [5, 5.41) is 3.84. The zero-order chi connectivity index (χ0) is 11.9. The van der Waals surface area contributed by atoms with E-state index in [0.29, 0.717) is 0 Å². The maximum Gasteiger partial charge on any atom is 0.00671 e. The van der Waals surface area contributed by atoms with Crippen LogP contribution >= 0.6 is 0 Å². The van der Waals surface area contributed by atoms with E-state index in [2.05, 4.69) is 12.2 Å². The van der Waals surface area contributed by atoms with Gasteiger partial charge in [-0.3, -0.25) is 0 Å². The smallest absolute Gasteiger partial charge is 0.00671 e. The Morgan fingerprint density at radius 1 is 0.824 bits per heavy atom. The fraction of sp³-hybridized carbons (Fsp3) is 1.00. The van der Waals surface area contributed by atoms with Crippen LogP contribution in [-0.2, 0) is 0 Å². The highest BCUT2D eigenvalue weighted by Gasteiger charge is 2.22. The van der Waals surface area contributed by atoms with Crippen molar-refractivity contribution in [2.24, 2.45) is 11.8 Å². The highest BCUT2D eigenvalue weighted by Crippen LogP contribution is 2.28. The van der Waals surface area contributed by atoms with Crippen molar-refractivity contribution in [1.29, 1.82) is 0 Å². The summed E-state index contributed by atoms with van der Waals surface area (Å²) in [6.07, 6.45) is 16.2. The van der Waals surface area contributed by atoms with Crippen molar-refractivity contribution in [2.45, 2.75) is 83.6 Å². The Bertz CT molecular complexity index is 188. The number of hydrogen-bond donors (Lipinski definition) is 1. The van der Waals surface area contributed by atoms with E-state index in [1.54, 1.807) is 0 Å². The summed E-state index contributed by atoms with van der Waals surface area (Å²) in [7, 11) is 0. The molecule has 0 unspecified atom stereocenters. The molecule has 0 bridgehead atoms. The van der Waals surface area contributed by atoms with Crippen LogP contribution in [0, 0.1) is 11.8 Å². The highest BCUT2D eigenvalue weighted by atomic mass is 14.9. The van der Waals surface area contributed by atoms with Gasteiger partial charge in [-0.1, -0.05) is 44.9 Å². The minimum Gasteiger partial charge on any atom is -0.314 e. The molecule has 0 aromatic rings.